The lowest BCUT2D eigenvalue weighted by molar-refractivity contribution is -0.138. The summed E-state index contributed by atoms with van der Waals surface area (Å²) in [4.78, 5) is 64.3. The number of hydrogen-bond donors (Lipinski definition) is 2. The van der Waals surface area contributed by atoms with Gasteiger partial charge in [-0.3, -0.25) is 29.0 Å². The Morgan fingerprint density at radius 1 is 1.00 bits per heavy atom. The summed E-state index contributed by atoms with van der Waals surface area (Å²) < 4.78 is 0. The topological polar surface area (TPSA) is 132 Å². The number of alkyl halides is 2. The molecule has 2 aliphatic heterocycles. The summed E-state index contributed by atoms with van der Waals surface area (Å²) in [5.74, 6) is -6.77. The highest BCUT2D eigenvalue weighted by molar-refractivity contribution is 6.53. The Bertz CT molecular complexity index is 1590. The van der Waals surface area contributed by atoms with Crippen LogP contribution in [0.15, 0.2) is 54.1 Å². The van der Waals surface area contributed by atoms with E-state index in [1.54, 1.807) is 19.1 Å². The SMILES string of the molecule is Cc1cc(C2C3=CCC4C(=O)N(c5cccc(C(=O)O)c5)C(=O)C4C3CC3(Cl)C(=O)N(C)C(=O)C23Cl)ccc1O. The second kappa shape index (κ2) is 8.65. The summed E-state index contributed by atoms with van der Waals surface area (Å²) in [6, 6.07) is 10.4. The summed E-state index contributed by atoms with van der Waals surface area (Å²) in [5.41, 5.74) is 1.78. The van der Waals surface area contributed by atoms with E-state index in [4.69, 9.17) is 23.2 Å². The van der Waals surface area contributed by atoms with E-state index in [-0.39, 0.29) is 29.8 Å². The monoisotopic (exact) mass is 582 g/mol. The number of carboxylic acids is 1. The summed E-state index contributed by atoms with van der Waals surface area (Å²) in [6.45, 7) is 1.69. The van der Waals surface area contributed by atoms with Crippen molar-refractivity contribution in [1.82, 2.24) is 4.90 Å². The maximum Gasteiger partial charge on any atom is 0.335 e. The van der Waals surface area contributed by atoms with Gasteiger partial charge in [-0.25, -0.2) is 4.79 Å². The van der Waals surface area contributed by atoms with Gasteiger partial charge in [0, 0.05) is 13.0 Å². The molecule has 2 heterocycles. The van der Waals surface area contributed by atoms with E-state index in [0.717, 1.165) is 9.80 Å². The van der Waals surface area contributed by atoms with Crippen molar-refractivity contribution >= 4 is 58.5 Å². The van der Waals surface area contributed by atoms with Crippen molar-refractivity contribution in [3.05, 3.63) is 70.8 Å². The molecule has 40 heavy (non-hydrogen) atoms. The number of carboxylic acid groups (broad SMARTS) is 1. The van der Waals surface area contributed by atoms with Crippen molar-refractivity contribution in [1.29, 1.82) is 0 Å². The number of halogens is 2. The Morgan fingerprint density at radius 3 is 2.40 bits per heavy atom. The lowest BCUT2D eigenvalue weighted by Gasteiger charge is -2.50. The molecule has 0 radical (unpaired) electrons. The molecule has 1 saturated carbocycles. The zero-order chi connectivity index (χ0) is 28.9. The molecule has 0 spiro atoms. The molecule has 206 valence electrons. The molecule has 11 heteroatoms. The minimum Gasteiger partial charge on any atom is -0.508 e. The molecule has 6 rings (SSSR count). The first kappa shape index (κ1) is 26.5. The van der Waals surface area contributed by atoms with Gasteiger partial charge >= 0.3 is 5.97 Å². The number of fused-ring (bicyclic) bond motifs is 4. The van der Waals surface area contributed by atoms with Crippen molar-refractivity contribution in [2.24, 2.45) is 17.8 Å². The number of benzene rings is 2. The lowest BCUT2D eigenvalue weighted by Crippen LogP contribution is -2.60. The largest absolute Gasteiger partial charge is 0.508 e. The van der Waals surface area contributed by atoms with E-state index >= 15 is 0 Å². The van der Waals surface area contributed by atoms with Crippen molar-refractivity contribution < 1.29 is 34.2 Å². The number of aryl methyl sites for hydroxylation is 1. The highest BCUT2D eigenvalue weighted by Gasteiger charge is 2.75. The van der Waals surface area contributed by atoms with Crippen molar-refractivity contribution in [2.75, 3.05) is 11.9 Å². The van der Waals surface area contributed by atoms with Crippen LogP contribution >= 0.6 is 23.2 Å². The Morgan fingerprint density at radius 2 is 1.73 bits per heavy atom. The third-order valence-electron chi connectivity index (χ3n) is 8.92. The van der Waals surface area contributed by atoms with Crippen molar-refractivity contribution in [3.8, 4) is 5.75 Å². The van der Waals surface area contributed by atoms with Crippen LogP contribution in [0.3, 0.4) is 0 Å². The van der Waals surface area contributed by atoms with Crippen LogP contribution in [0.2, 0.25) is 0 Å². The smallest absolute Gasteiger partial charge is 0.335 e. The first-order chi connectivity index (χ1) is 18.8. The number of likely N-dealkylation sites (tertiary alicyclic amines) is 1. The number of imide groups is 2. The lowest BCUT2D eigenvalue weighted by atomic mass is 9.56. The van der Waals surface area contributed by atoms with Crippen LogP contribution in [0.5, 0.6) is 5.75 Å². The molecule has 2 aromatic carbocycles. The number of carbonyl (C=O) groups is 5. The van der Waals surface area contributed by atoms with Crippen LogP contribution in [-0.4, -0.2) is 61.5 Å². The maximum atomic E-state index is 14.0. The minimum absolute atomic E-state index is 0.0382. The third kappa shape index (κ3) is 3.25. The number of nitrogens with zero attached hydrogens (tertiary/aromatic N) is 2. The molecule has 0 bridgehead atoms. The summed E-state index contributed by atoms with van der Waals surface area (Å²) in [5, 5.41) is 19.6. The molecule has 4 amide bonds. The van der Waals surface area contributed by atoms with Crippen LogP contribution < -0.4 is 4.90 Å². The number of aromatic hydroxyl groups is 1. The van der Waals surface area contributed by atoms with Crippen LogP contribution in [0.25, 0.3) is 0 Å². The van der Waals surface area contributed by atoms with E-state index in [9.17, 15) is 34.2 Å². The second-order valence-corrected chi connectivity index (χ2v) is 12.2. The maximum absolute atomic E-state index is 14.0. The quantitative estimate of drug-likeness (QED) is 0.321. The molecule has 4 aliphatic rings. The standard InChI is InChI=1S/C29H24Cl2N2O7/c1-13-10-14(6-9-20(13)34)22-17-7-8-18-21(19(17)12-28(30)26(39)32(2)27(40)29(22,28)31)24(36)33(23(18)35)16-5-3-4-15(11-16)25(37)38/h3-7,9-11,18-19,21-22,34H,8,12H2,1-2H3,(H,37,38). The van der Waals surface area contributed by atoms with E-state index in [0.29, 0.717) is 16.7 Å². The van der Waals surface area contributed by atoms with Gasteiger partial charge in [0.05, 0.1) is 23.1 Å². The molecule has 0 aromatic heterocycles. The molecule has 2 saturated heterocycles. The zero-order valence-electron chi connectivity index (χ0n) is 21.4. The first-order valence-electron chi connectivity index (χ1n) is 12.7. The molecule has 3 fully saturated rings. The van der Waals surface area contributed by atoms with E-state index in [1.807, 2.05) is 6.08 Å². The predicted molar refractivity (Wildman–Crippen MR) is 144 cm³/mol. The minimum atomic E-state index is -1.90. The molecule has 9 nitrogen and oxygen atoms in total. The van der Waals surface area contributed by atoms with Crippen molar-refractivity contribution in [3.63, 3.8) is 0 Å². The van der Waals surface area contributed by atoms with Gasteiger partial charge in [-0.15, -0.1) is 23.2 Å². The highest BCUT2D eigenvalue weighted by atomic mass is 35.5. The van der Waals surface area contributed by atoms with Gasteiger partial charge in [0.25, 0.3) is 11.8 Å². The number of hydrogen-bond acceptors (Lipinski definition) is 6. The highest BCUT2D eigenvalue weighted by Crippen LogP contribution is 2.65. The van der Waals surface area contributed by atoms with Gasteiger partial charge in [0.1, 0.15) is 5.75 Å². The normalized spacial score (nSPS) is 33.0. The fraction of sp³-hybridized carbons (Fsp3) is 0.345. The number of anilines is 1. The molecule has 2 aliphatic carbocycles. The van der Waals surface area contributed by atoms with Gasteiger partial charge in [0.2, 0.25) is 11.8 Å². The van der Waals surface area contributed by atoms with Gasteiger partial charge in [-0.2, -0.15) is 0 Å². The zero-order valence-corrected chi connectivity index (χ0v) is 22.9. The molecular formula is C29H24Cl2N2O7. The van der Waals surface area contributed by atoms with Gasteiger partial charge in [-0.1, -0.05) is 29.8 Å². The molecule has 2 N–H and O–H groups in total. The second-order valence-electron chi connectivity index (χ2n) is 10.9. The fourth-order valence-electron chi connectivity index (χ4n) is 7.01. The third-order valence-corrected chi connectivity index (χ3v) is 10.3. The Kier molecular flexibility index (Phi) is 5.74. The number of rotatable bonds is 3. The van der Waals surface area contributed by atoms with E-state index in [1.165, 1.54) is 37.4 Å². The molecule has 6 unspecified atom stereocenters. The first-order valence-corrected chi connectivity index (χ1v) is 13.5. The molecule has 2 aromatic rings. The molecule has 6 atom stereocenters. The summed E-state index contributed by atoms with van der Waals surface area (Å²) >= 11 is 14.3. The number of phenolic OH excluding ortho intramolecular Hbond substituents is 1. The number of phenols is 1. The average Bonchev–Trinajstić information content (AvgIpc) is 3.25. The number of allylic oxidation sites excluding steroid dienone is 2. The summed E-state index contributed by atoms with van der Waals surface area (Å²) in [6.07, 6.45) is 1.86. The Labute approximate surface area is 239 Å². The predicted octanol–water partition coefficient (Wildman–Crippen LogP) is 3.59. The number of carbonyl (C=O) groups excluding carboxylic acids is 4. The molecular weight excluding hydrogens is 559 g/mol. The summed E-state index contributed by atoms with van der Waals surface area (Å²) in [7, 11) is 1.32. The number of amides is 4. The van der Waals surface area contributed by atoms with Crippen LogP contribution in [-0.2, 0) is 19.2 Å². The van der Waals surface area contributed by atoms with E-state index in [2.05, 4.69) is 0 Å². The average molecular weight is 583 g/mol. The van der Waals surface area contributed by atoms with Crippen LogP contribution in [0.1, 0.15) is 40.2 Å². The van der Waals surface area contributed by atoms with Crippen LogP contribution in [0, 0.1) is 24.7 Å². The number of aromatic carboxylic acids is 1. The van der Waals surface area contributed by atoms with Gasteiger partial charge in [0.15, 0.2) is 9.75 Å². The van der Waals surface area contributed by atoms with Crippen molar-refractivity contribution in [2.45, 2.75) is 35.4 Å². The Balaban J connectivity index is 1.50. The van der Waals surface area contributed by atoms with E-state index < -0.39 is 63.0 Å². The fourth-order valence-corrected chi connectivity index (χ4v) is 8.03. The van der Waals surface area contributed by atoms with Gasteiger partial charge < -0.3 is 10.2 Å². The Hall–Kier alpha value is -3.69. The van der Waals surface area contributed by atoms with Crippen LogP contribution in [0.4, 0.5) is 5.69 Å². The van der Waals surface area contributed by atoms with Gasteiger partial charge in [-0.05, 0) is 61.1 Å².